The number of hydrogen-bond donors (Lipinski definition) is 2. The van der Waals surface area contributed by atoms with Crippen LogP contribution in [0.15, 0.2) is 0 Å². The van der Waals surface area contributed by atoms with Crippen LogP contribution in [0.3, 0.4) is 0 Å². The Hall–Kier alpha value is -0.280. The molecule has 3 unspecified atom stereocenters. The summed E-state index contributed by atoms with van der Waals surface area (Å²) in [7, 11) is 0. The number of nitrogens with one attached hydrogen (secondary N) is 1. The monoisotopic (exact) mass is 274 g/mol. The highest BCUT2D eigenvalue weighted by Gasteiger charge is 2.28. The highest BCUT2D eigenvalue weighted by atomic mass is 35.5. The molecule has 3 nitrogen and oxygen atoms in total. The van der Waals surface area contributed by atoms with E-state index in [0.29, 0.717) is 24.8 Å². The van der Waals surface area contributed by atoms with Crippen LogP contribution in [-0.4, -0.2) is 18.5 Å². The van der Waals surface area contributed by atoms with E-state index in [9.17, 15) is 4.79 Å². The van der Waals surface area contributed by atoms with Crippen molar-refractivity contribution in [3.63, 3.8) is 0 Å². The molecule has 0 radical (unpaired) electrons. The van der Waals surface area contributed by atoms with Gasteiger partial charge < -0.3 is 11.1 Å². The summed E-state index contributed by atoms with van der Waals surface area (Å²) in [6.07, 6.45) is 8.29. The lowest BCUT2D eigenvalue weighted by Gasteiger charge is -2.26. The number of carbonyl (C=O) groups is 1. The van der Waals surface area contributed by atoms with Gasteiger partial charge in [-0.3, -0.25) is 4.79 Å². The Morgan fingerprint density at radius 1 is 1.33 bits per heavy atom. The van der Waals surface area contributed by atoms with E-state index in [1.54, 1.807) is 0 Å². The molecule has 2 aliphatic rings. The number of carbonyl (C=O) groups excluding carboxylic acids is 1. The first kappa shape index (κ1) is 15.8. The van der Waals surface area contributed by atoms with Crippen LogP contribution in [0.2, 0.25) is 0 Å². The molecule has 2 aliphatic carbocycles. The Bertz CT molecular complexity index is 269. The van der Waals surface area contributed by atoms with Crippen molar-refractivity contribution in [2.24, 2.45) is 23.5 Å². The van der Waals surface area contributed by atoms with Crippen LogP contribution in [0.1, 0.15) is 51.9 Å². The quantitative estimate of drug-likeness (QED) is 0.809. The fourth-order valence-corrected chi connectivity index (χ4v) is 3.00. The molecule has 4 heteroatoms. The summed E-state index contributed by atoms with van der Waals surface area (Å²) in [5.74, 6) is 2.29. The van der Waals surface area contributed by atoms with E-state index in [2.05, 4.69) is 12.2 Å². The topological polar surface area (TPSA) is 55.1 Å². The van der Waals surface area contributed by atoms with E-state index in [1.807, 2.05) is 0 Å². The lowest BCUT2D eigenvalue weighted by atomic mass is 9.81. The predicted octanol–water partition coefficient (Wildman–Crippen LogP) is 2.48. The second-order valence-corrected chi connectivity index (χ2v) is 6.15. The maximum atomic E-state index is 11.8. The minimum atomic E-state index is 0. The van der Waals surface area contributed by atoms with Crippen LogP contribution < -0.4 is 11.1 Å². The predicted molar refractivity (Wildman–Crippen MR) is 76.7 cm³/mol. The Balaban J connectivity index is 0.00000162. The smallest absolute Gasteiger partial charge is 0.220 e. The molecule has 1 amide bonds. The van der Waals surface area contributed by atoms with Gasteiger partial charge in [0.05, 0.1) is 0 Å². The van der Waals surface area contributed by atoms with E-state index >= 15 is 0 Å². The lowest BCUT2D eigenvalue weighted by Crippen LogP contribution is -2.39. The lowest BCUT2D eigenvalue weighted by molar-refractivity contribution is -0.122. The number of amides is 1. The van der Waals surface area contributed by atoms with Crippen molar-refractivity contribution in [3.05, 3.63) is 0 Å². The van der Waals surface area contributed by atoms with Crippen LogP contribution >= 0.6 is 12.4 Å². The van der Waals surface area contributed by atoms with E-state index in [4.69, 9.17) is 5.73 Å². The molecule has 0 bridgehead atoms. The molecule has 2 rings (SSSR count). The van der Waals surface area contributed by atoms with Gasteiger partial charge in [-0.15, -0.1) is 12.4 Å². The summed E-state index contributed by atoms with van der Waals surface area (Å²) >= 11 is 0. The van der Waals surface area contributed by atoms with Gasteiger partial charge in [0.2, 0.25) is 5.91 Å². The molecular formula is C14H27ClN2O. The normalized spacial score (nSPS) is 29.2. The maximum Gasteiger partial charge on any atom is 0.220 e. The molecule has 106 valence electrons. The first-order valence-electron chi connectivity index (χ1n) is 7.17. The van der Waals surface area contributed by atoms with Crippen molar-refractivity contribution in [2.75, 3.05) is 6.54 Å². The SMILES string of the molecule is CC1CCCC(CC(=O)NCC(N)C2CC2)C1.Cl. The summed E-state index contributed by atoms with van der Waals surface area (Å²) in [6.45, 7) is 2.97. The summed E-state index contributed by atoms with van der Waals surface area (Å²) < 4.78 is 0. The van der Waals surface area contributed by atoms with Crippen molar-refractivity contribution in [2.45, 2.75) is 57.9 Å². The number of halogens is 1. The first-order chi connectivity index (χ1) is 8.15. The summed E-state index contributed by atoms with van der Waals surface area (Å²) in [4.78, 5) is 11.8. The second-order valence-electron chi connectivity index (χ2n) is 6.15. The molecule has 2 saturated carbocycles. The molecule has 18 heavy (non-hydrogen) atoms. The molecular weight excluding hydrogens is 248 g/mol. The number of hydrogen-bond acceptors (Lipinski definition) is 2. The second kappa shape index (κ2) is 7.34. The van der Waals surface area contributed by atoms with E-state index < -0.39 is 0 Å². The van der Waals surface area contributed by atoms with Gasteiger partial charge >= 0.3 is 0 Å². The van der Waals surface area contributed by atoms with Gasteiger partial charge in [-0.05, 0) is 43.4 Å². The molecule has 3 atom stereocenters. The van der Waals surface area contributed by atoms with Crippen molar-refractivity contribution >= 4 is 18.3 Å². The summed E-state index contributed by atoms with van der Waals surface area (Å²) in [5, 5.41) is 3.00. The van der Waals surface area contributed by atoms with Crippen molar-refractivity contribution in [3.8, 4) is 0 Å². The molecule has 0 aromatic rings. The Kier molecular flexibility index (Phi) is 6.44. The Morgan fingerprint density at radius 3 is 2.67 bits per heavy atom. The molecule has 0 saturated heterocycles. The molecule has 0 aromatic carbocycles. The molecule has 2 fully saturated rings. The minimum Gasteiger partial charge on any atom is -0.355 e. The van der Waals surface area contributed by atoms with Crippen molar-refractivity contribution in [1.82, 2.24) is 5.32 Å². The van der Waals surface area contributed by atoms with E-state index in [-0.39, 0.29) is 24.4 Å². The van der Waals surface area contributed by atoms with E-state index in [1.165, 1.54) is 38.5 Å². The zero-order chi connectivity index (χ0) is 12.3. The third kappa shape index (κ3) is 5.15. The van der Waals surface area contributed by atoms with Gasteiger partial charge in [-0.2, -0.15) is 0 Å². The van der Waals surface area contributed by atoms with Gasteiger partial charge in [0.25, 0.3) is 0 Å². The van der Waals surface area contributed by atoms with Gasteiger partial charge in [0, 0.05) is 19.0 Å². The highest BCUT2D eigenvalue weighted by molar-refractivity contribution is 5.85. The van der Waals surface area contributed by atoms with Gasteiger partial charge in [-0.25, -0.2) is 0 Å². The fraction of sp³-hybridized carbons (Fsp3) is 0.929. The van der Waals surface area contributed by atoms with Crippen LogP contribution in [0.4, 0.5) is 0 Å². The highest BCUT2D eigenvalue weighted by Crippen LogP contribution is 2.32. The third-order valence-electron chi connectivity index (χ3n) is 4.28. The Morgan fingerprint density at radius 2 is 2.06 bits per heavy atom. The molecule has 3 N–H and O–H groups in total. The van der Waals surface area contributed by atoms with Crippen LogP contribution in [0.5, 0.6) is 0 Å². The van der Waals surface area contributed by atoms with Gasteiger partial charge in [0.1, 0.15) is 0 Å². The molecule has 0 aliphatic heterocycles. The fourth-order valence-electron chi connectivity index (χ4n) is 3.00. The largest absolute Gasteiger partial charge is 0.355 e. The van der Waals surface area contributed by atoms with Crippen molar-refractivity contribution in [1.29, 1.82) is 0 Å². The average molecular weight is 275 g/mol. The maximum absolute atomic E-state index is 11.8. The van der Waals surface area contributed by atoms with E-state index in [0.717, 1.165) is 5.92 Å². The first-order valence-corrected chi connectivity index (χ1v) is 7.17. The number of rotatable bonds is 5. The standard InChI is InChI=1S/C14H26N2O.ClH/c1-10-3-2-4-11(7-10)8-14(17)16-9-13(15)12-5-6-12;/h10-13H,2-9,15H2,1H3,(H,16,17);1H. The zero-order valence-corrected chi connectivity index (χ0v) is 12.2. The van der Waals surface area contributed by atoms with Crippen molar-refractivity contribution < 1.29 is 4.79 Å². The molecule has 0 heterocycles. The minimum absolute atomic E-state index is 0. The summed E-state index contributed by atoms with van der Waals surface area (Å²) in [6, 6.07) is 0.184. The van der Waals surface area contributed by atoms with Gasteiger partial charge in [0.15, 0.2) is 0 Å². The molecule has 0 spiro atoms. The summed E-state index contributed by atoms with van der Waals surface area (Å²) in [5.41, 5.74) is 5.97. The van der Waals surface area contributed by atoms with Crippen LogP contribution in [0.25, 0.3) is 0 Å². The Labute approximate surface area is 117 Å². The average Bonchev–Trinajstić information content (AvgIpc) is 3.09. The number of nitrogens with two attached hydrogens (primary N) is 1. The third-order valence-corrected chi connectivity index (χ3v) is 4.28. The zero-order valence-electron chi connectivity index (χ0n) is 11.4. The molecule has 0 aromatic heterocycles. The van der Waals surface area contributed by atoms with Gasteiger partial charge in [-0.1, -0.05) is 19.8 Å². The van der Waals surface area contributed by atoms with Crippen LogP contribution in [-0.2, 0) is 4.79 Å². The van der Waals surface area contributed by atoms with Crippen LogP contribution in [0, 0.1) is 17.8 Å².